The van der Waals surface area contributed by atoms with Crippen molar-refractivity contribution in [2.24, 2.45) is 11.8 Å². The molecule has 2 amide bonds. The molecule has 7 atom stereocenters. The molecule has 2 bridgehead atoms. The maximum Gasteiger partial charge on any atom is 0.312 e. The molecule has 9 heteroatoms. The molecule has 3 unspecified atom stereocenters. The van der Waals surface area contributed by atoms with Crippen molar-refractivity contribution in [3.63, 3.8) is 0 Å². The van der Waals surface area contributed by atoms with Gasteiger partial charge in [-0.3, -0.25) is 14.4 Å². The first-order chi connectivity index (χ1) is 16.6. The lowest BCUT2D eigenvalue weighted by molar-refractivity contribution is -0.155. The molecule has 3 saturated heterocycles. The predicted octanol–water partition coefficient (Wildman–Crippen LogP) is 2.51. The summed E-state index contributed by atoms with van der Waals surface area (Å²) in [5, 5.41) is 10.0. The van der Waals surface area contributed by atoms with Gasteiger partial charge in [-0.05, 0) is 45.2 Å². The minimum Gasteiger partial charge on any atom is -0.466 e. The van der Waals surface area contributed by atoms with Crippen LogP contribution in [0.25, 0.3) is 0 Å². The summed E-state index contributed by atoms with van der Waals surface area (Å²) in [6.07, 6.45) is 1.47. The maximum atomic E-state index is 14.4. The van der Waals surface area contributed by atoms with Crippen LogP contribution in [0.2, 0.25) is 0 Å². The Labute approximate surface area is 214 Å². The molecule has 1 aromatic carbocycles. The van der Waals surface area contributed by atoms with Crippen LogP contribution in [0.1, 0.15) is 31.4 Å². The van der Waals surface area contributed by atoms with Crippen LogP contribution in [-0.4, -0.2) is 76.2 Å². The number of hydrogen-bond acceptors (Lipinski definition) is 6. The number of rotatable bonds is 8. The summed E-state index contributed by atoms with van der Waals surface area (Å²) in [6.45, 7) is 11.2. The number of para-hydroxylation sites is 1. The number of amides is 2. The summed E-state index contributed by atoms with van der Waals surface area (Å²) in [5.74, 6) is -2.84. The molecule has 3 fully saturated rings. The normalized spacial score (nSPS) is 31.9. The second-order valence-corrected chi connectivity index (χ2v) is 10.8. The zero-order valence-corrected chi connectivity index (χ0v) is 22.2. The molecule has 1 spiro atoms. The number of halogens is 1. The first-order valence-corrected chi connectivity index (χ1v) is 13.0. The average Bonchev–Trinajstić information content (AvgIpc) is 3.41. The van der Waals surface area contributed by atoms with Gasteiger partial charge < -0.3 is 24.4 Å². The summed E-state index contributed by atoms with van der Waals surface area (Å²) < 4.78 is 11.8. The Kier molecular flexibility index (Phi) is 7.14. The van der Waals surface area contributed by atoms with E-state index in [9.17, 15) is 19.5 Å². The van der Waals surface area contributed by atoms with Crippen molar-refractivity contribution in [2.45, 2.75) is 62.7 Å². The van der Waals surface area contributed by atoms with Crippen LogP contribution in [0.15, 0.2) is 30.9 Å². The highest BCUT2D eigenvalue weighted by molar-refractivity contribution is 9.09. The van der Waals surface area contributed by atoms with E-state index in [1.807, 2.05) is 32.0 Å². The highest BCUT2D eigenvalue weighted by Gasteiger charge is 2.77. The fraction of sp³-hybridized carbons (Fsp3) is 0.577. The highest BCUT2D eigenvalue weighted by atomic mass is 79.9. The first kappa shape index (κ1) is 25.9. The Balaban J connectivity index is 1.86. The van der Waals surface area contributed by atoms with E-state index in [0.717, 1.165) is 16.8 Å². The Bertz CT molecular complexity index is 1030. The number of hydrogen-bond donors (Lipinski definition) is 1. The molecule has 35 heavy (non-hydrogen) atoms. The summed E-state index contributed by atoms with van der Waals surface area (Å²) in [6, 6.07) is 4.15. The number of ether oxygens (including phenoxy) is 2. The Morgan fingerprint density at radius 1 is 1.40 bits per heavy atom. The highest BCUT2D eigenvalue weighted by Crippen LogP contribution is 2.60. The number of esters is 1. The lowest BCUT2D eigenvalue weighted by Crippen LogP contribution is -2.59. The number of benzene rings is 1. The van der Waals surface area contributed by atoms with Crippen LogP contribution in [0, 0.1) is 25.7 Å². The standard InChI is InChI=1S/C26H33BrN2O6/c1-6-11-28(20-14(3)9-8-10-15(20)4)24(32)22-26-12-17(27)21(35-26)18(25(33)34-7-2)19(26)23(31)29(22)16(5)13-30/h6,8-10,16-19,21-22,30H,1,7,11-13H2,2-5H3/t16-,17?,18-,19+,21-,22?,26?/m1/s1. The fourth-order valence-electron chi connectivity index (χ4n) is 6.22. The van der Waals surface area contributed by atoms with Crippen molar-refractivity contribution in [3.05, 3.63) is 42.0 Å². The van der Waals surface area contributed by atoms with Gasteiger partial charge in [-0.1, -0.05) is 40.2 Å². The molecule has 0 aromatic heterocycles. The van der Waals surface area contributed by atoms with E-state index >= 15 is 0 Å². The molecule has 0 saturated carbocycles. The monoisotopic (exact) mass is 548 g/mol. The summed E-state index contributed by atoms with van der Waals surface area (Å²) in [5.41, 5.74) is 1.38. The molecule has 0 radical (unpaired) electrons. The number of alkyl halides is 1. The van der Waals surface area contributed by atoms with Gasteiger partial charge >= 0.3 is 5.97 Å². The summed E-state index contributed by atoms with van der Waals surface area (Å²) in [7, 11) is 0. The molecule has 3 heterocycles. The molecular weight excluding hydrogens is 516 g/mol. The first-order valence-electron chi connectivity index (χ1n) is 12.0. The van der Waals surface area contributed by atoms with E-state index in [1.54, 1.807) is 24.8 Å². The number of aliphatic hydroxyl groups excluding tert-OH is 1. The van der Waals surface area contributed by atoms with E-state index in [-0.39, 0.29) is 36.4 Å². The molecular formula is C26H33BrN2O6. The van der Waals surface area contributed by atoms with Crippen molar-refractivity contribution in [1.29, 1.82) is 0 Å². The quantitative estimate of drug-likeness (QED) is 0.304. The van der Waals surface area contributed by atoms with Gasteiger partial charge in [-0.25, -0.2) is 0 Å². The van der Waals surface area contributed by atoms with E-state index in [2.05, 4.69) is 22.5 Å². The van der Waals surface area contributed by atoms with Crippen LogP contribution in [0.4, 0.5) is 5.69 Å². The molecule has 8 nitrogen and oxygen atoms in total. The number of fused-ring (bicyclic) bond motifs is 1. The number of aryl methyl sites for hydroxylation is 2. The molecule has 1 aromatic rings. The van der Waals surface area contributed by atoms with Crippen LogP contribution in [0.3, 0.4) is 0 Å². The number of carbonyl (C=O) groups is 3. The SMILES string of the molecule is C=CCN(C(=O)C1N([C@H](C)CO)C(=O)[C@@H]2[C@@H](C(=O)OCC)[C@@H]3OC12CC3Br)c1c(C)cccc1C. The maximum absolute atomic E-state index is 14.4. The van der Waals surface area contributed by atoms with Crippen molar-refractivity contribution in [1.82, 2.24) is 4.90 Å². The number of nitrogens with zero attached hydrogens (tertiary/aromatic N) is 2. The number of aliphatic hydroxyl groups is 1. The van der Waals surface area contributed by atoms with Crippen LogP contribution < -0.4 is 4.90 Å². The van der Waals surface area contributed by atoms with Gasteiger partial charge in [-0.2, -0.15) is 0 Å². The van der Waals surface area contributed by atoms with Crippen LogP contribution in [0.5, 0.6) is 0 Å². The van der Waals surface area contributed by atoms with Gasteiger partial charge in [0.05, 0.1) is 37.2 Å². The molecule has 3 aliphatic rings. The Morgan fingerprint density at radius 2 is 2.06 bits per heavy atom. The molecule has 4 rings (SSSR count). The number of carbonyl (C=O) groups excluding carboxylic acids is 3. The molecule has 1 N–H and O–H groups in total. The Morgan fingerprint density at radius 3 is 2.63 bits per heavy atom. The van der Waals surface area contributed by atoms with Gasteiger partial charge in [0.2, 0.25) is 5.91 Å². The van der Waals surface area contributed by atoms with Gasteiger partial charge in [-0.15, -0.1) is 6.58 Å². The smallest absolute Gasteiger partial charge is 0.312 e. The summed E-state index contributed by atoms with van der Waals surface area (Å²) >= 11 is 3.64. The van der Waals surface area contributed by atoms with Gasteiger partial charge in [0, 0.05) is 17.1 Å². The lowest BCUT2D eigenvalue weighted by atomic mass is 9.70. The van der Waals surface area contributed by atoms with Crippen molar-refractivity contribution >= 4 is 39.4 Å². The molecule has 3 aliphatic heterocycles. The minimum absolute atomic E-state index is 0.182. The third-order valence-corrected chi connectivity index (χ3v) is 8.39. The summed E-state index contributed by atoms with van der Waals surface area (Å²) in [4.78, 5) is 44.2. The van der Waals surface area contributed by atoms with Crippen LogP contribution in [-0.2, 0) is 23.9 Å². The largest absolute Gasteiger partial charge is 0.466 e. The topological polar surface area (TPSA) is 96.4 Å². The van der Waals surface area contributed by atoms with E-state index in [4.69, 9.17) is 9.47 Å². The fourth-order valence-corrected chi connectivity index (χ4v) is 7.16. The average molecular weight is 549 g/mol. The molecule has 0 aliphatic carbocycles. The van der Waals surface area contributed by atoms with Crippen molar-refractivity contribution in [3.8, 4) is 0 Å². The van der Waals surface area contributed by atoms with E-state index in [0.29, 0.717) is 6.42 Å². The molecule has 190 valence electrons. The van der Waals surface area contributed by atoms with Gasteiger partial charge in [0.1, 0.15) is 11.6 Å². The van der Waals surface area contributed by atoms with Gasteiger partial charge in [0.25, 0.3) is 5.91 Å². The predicted molar refractivity (Wildman–Crippen MR) is 134 cm³/mol. The second-order valence-electron chi connectivity index (χ2n) is 9.67. The van der Waals surface area contributed by atoms with E-state index in [1.165, 1.54) is 4.90 Å². The minimum atomic E-state index is -1.20. The Hall–Kier alpha value is -2.23. The third kappa shape index (κ3) is 3.83. The zero-order chi connectivity index (χ0) is 25.7. The lowest BCUT2D eigenvalue weighted by Gasteiger charge is -2.39. The second kappa shape index (κ2) is 9.67. The van der Waals surface area contributed by atoms with Gasteiger partial charge in [0.15, 0.2) is 0 Å². The van der Waals surface area contributed by atoms with E-state index < -0.39 is 41.6 Å². The number of anilines is 1. The number of likely N-dealkylation sites (tertiary alicyclic amines) is 1. The van der Waals surface area contributed by atoms with Crippen molar-refractivity contribution < 1.29 is 29.0 Å². The third-order valence-electron chi connectivity index (χ3n) is 7.55. The van der Waals surface area contributed by atoms with Crippen molar-refractivity contribution in [2.75, 3.05) is 24.7 Å². The van der Waals surface area contributed by atoms with Crippen LogP contribution >= 0.6 is 15.9 Å². The zero-order valence-electron chi connectivity index (χ0n) is 20.6.